The van der Waals surface area contributed by atoms with Gasteiger partial charge in [0, 0.05) is 0 Å². The number of nitrogens with zero attached hydrogens (tertiary/aromatic N) is 2. The van der Waals surface area contributed by atoms with Crippen molar-refractivity contribution < 1.29 is 14.3 Å². The zero-order valence-electron chi connectivity index (χ0n) is 16.5. The van der Waals surface area contributed by atoms with Crippen molar-refractivity contribution in [2.45, 2.75) is 20.0 Å². The minimum absolute atomic E-state index is 0.177. The topological polar surface area (TPSA) is 59.0 Å². The molecule has 4 atom stereocenters. The molecule has 1 saturated heterocycles. The lowest BCUT2D eigenvalue weighted by molar-refractivity contribution is -0.140. The monoisotopic (exact) mass is 420 g/mol. The fraction of sp³-hybridized carbons (Fsp3) is 0.292. The number of benzene rings is 2. The SMILES string of the molecule is Cc1cccc(COc2ccc(C=NN3C(=O)[C@@H]4[C@H](C3=O)[C@H]3C=C[C@H]4C3)cc2Cl)c1. The van der Waals surface area contributed by atoms with Crippen molar-refractivity contribution in [2.75, 3.05) is 0 Å². The molecule has 5 nitrogen and oxygen atoms in total. The van der Waals surface area contributed by atoms with Crippen LogP contribution in [0.3, 0.4) is 0 Å². The molecule has 1 aliphatic heterocycles. The van der Waals surface area contributed by atoms with E-state index in [2.05, 4.69) is 23.3 Å². The molecule has 2 aromatic rings. The van der Waals surface area contributed by atoms with Crippen LogP contribution in [-0.4, -0.2) is 23.0 Å². The van der Waals surface area contributed by atoms with Gasteiger partial charge in [-0.05, 0) is 54.5 Å². The van der Waals surface area contributed by atoms with E-state index in [0.717, 1.165) is 17.0 Å². The number of carbonyl (C=O) groups excluding carboxylic acids is 2. The molecular formula is C24H21ClN2O3. The Morgan fingerprint density at radius 1 is 1.10 bits per heavy atom. The molecule has 0 aromatic heterocycles. The molecule has 0 spiro atoms. The van der Waals surface area contributed by atoms with Crippen LogP contribution < -0.4 is 4.74 Å². The van der Waals surface area contributed by atoms with Crippen LogP contribution in [0.1, 0.15) is 23.1 Å². The number of hydrogen-bond acceptors (Lipinski definition) is 4. The molecule has 0 N–H and O–H groups in total. The summed E-state index contributed by atoms with van der Waals surface area (Å²) < 4.78 is 5.82. The van der Waals surface area contributed by atoms with Gasteiger partial charge in [0.15, 0.2) is 0 Å². The highest BCUT2D eigenvalue weighted by atomic mass is 35.5. The van der Waals surface area contributed by atoms with E-state index in [9.17, 15) is 9.59 Å². The second-order valence-corrected chi connectivity index (χ2v) is 8.61. The van der Waals surface area contributed by atoms with Crippen molar-refractivity contribution in [1.82, 2.24) is 5.01 Å². The molecule has 2 bridgehead atoms. The van der Waals surface area contributed by atoms with Gasteiger partial charge in [0.25, 0.3) is 11.8 Å². The lowest BCUT2D eigenvalue weighted by Crippen LogP contribution is -2.28. The van der Waals surface area contributed by atoms with Crippen LogP contribution in [0.5, 0.6) is 5.75 Å². The van der Waals surface area contributed by atoms with Crippen LogP contribution in [0.15, 0.2) is 59.7 Å². The van der Waals surface area contributed by atoms with Gasteiger partial charge in [0.1, 0.15) is 12.4 Å². The Hall–Kier alpha value is -2.92. The van der Waals surface area contributed by atoms with Gasteiger partial charge >= 0.3 is 0 Å². The van der Waals surface area contributed by atoms with E-state index in [1.165, 1.54) is 11.8 Å². The molecule has 2 aromatic carbocycles. The van der Waals surface area contributed by atoms with Gasteiger partial charge in [-0.2, -0.15) is 10.1 Å². The number of halogens is 1. The van der Waals surface area contributed by atoms with Gasteiger partial charge in [-0.15, -0.1) is 0 Å². The Labute approximate surface area is 180 Å². The van der Waals surface area contributed by atoms with Crippen LogP contribution in [0.2, 0.25) is 5.02 Å². The summed E-state index contributed by atoms with van der Waals surface area (Å²) >= 11 is 6.36. The van der Waals surface area contributed by atoms with E-state index in [4.69, 9.17) is 16.3 Å². The maximum atomic E-state index is 12.7. The minimum Gasteiger partial charge on any atom is -0.487 e. The van der Waals surface area contributed by atoms with E-state index in [1.807, 2.05) is 25.1 Å². The van der Waals surface area contributed by atoms with Gasteiger partial charge in [0.05, 0.1) is 23.1 Å². The molecule has 5 rings (SSSR count). The predicted molar refractivity (Wildman–Crippen MR) is 114 cm³/mol. The molecular weight excluding hydrogens is 400 g/mol. The van der Waals surface area contributed by atoms with E-state index in [-0.39, 0.29) is 35.5 Å². The maximum Gasteiger partial charge on any atom is 0.254 e. The second kappa shape index (κ2) is 7.40. The van der Waals surface area contributed by atoms with Crippen LogP contribution in [0.25, 0.3) is 0 Å². The Morgan fingerprint density at radius 2 is 1.83 bits per heavy atom. The average Bonchev–Trinajstić information content (AvgIpc) is 3.40. The smallest absolute Gasteiger partial charge is 0.254 e. The highest BCUT2D eigenvalue weighted by Crippen LogP contribution is 2.52. The largest absolute Gasteiger partial charge is 0.487 e. The van der Waals surface area contributed by atoms with Gasteiger partial charge in [-0.3, -0.25) is 9.59 Å². The van der Waals surface area contributed by atoms with E-state index in [1.54, 1.807) is 18.2 Å². The third kappa shape index (κ3) is 3.23. The summed E-state index contributed by atoms with van der Waals surface area (Å²) in [6, 6.07) is 13.4. The third-order valence-corrected chi connectivity index (χ3v) is 6.50. The Balaban J connectivity index is 1.27. The zero-order chi connectivity index (χ0) is 20.8. The predicted octanol–water partition coefficient (Wildman–Crippen LogP) is 4.37. The number of amides is 2. The van der Waals surface area contributed by atoms with E-state index in [0.29, 0.717) is 22.9 Å². The van der Waals surface area contributed by atoms with Crippen molar-refractivity contribution >= 4 is 29.6 Å². The highest BCUT2D eigenvalue weighted by molar-refractivity contribution is 6.32. The van der Waals surface area contributed by atoms with E-state index < -0.39 is 0 Å². The van der Waals surface area contributed by atoms with Crippen LogP contribution in [0.4, 0.5) is 0 Å². The number of fused-ring (bicyclic) bond motifs is 5. The quantitative estimate of drug-likeness (QED) is 0.410. The lowest BCUT2D eigenvalue weighted by atomic mass is 9.85. The zero-order valence-corrected chi connectivity index (χ0v) is 17.3. The molecule has 3 aliphatic rings. The first-order chi connectivity index (χ1) is 14.5. The first kappa shape index (κ1) is 19.1. The minimum atomic E-state index is -0.245. The Kier molecular flexibility index (Phi) is 4.70. The standard InChI is InChI=1S/C24H21ClN2O3/c1-14-3-2-4-16(9-14)13-30-20-8-5-15(10-19(20)25)12-26-27-23(28)21-17-6-7-18(11-17)22(21)24(27)29/h2-10,12,17-18,21-22H,11,13H2,1H3/t17-,18-,21-,22+/m0/s1. The van der Waals surface area contributed by atoms with Crippen molar-refractivity contribution in [3.05, 3.63) is 76.3 Å². The van der Waals surface area contributed by atoms with Crippen molar-refractivity contribution in [2.24, 2.45) is 28.8 Å². The molecule has 30 heavy (non-hydrogen) atoms. The number of rotatable bonds is 5. The summed E-state index contributed by atoms with van der Waals surface area (Å²) in [7, 11) is 0. The summed E-state index contributed by atoms with van der Waals surface area (Å²) in [5.41, 5.74) is 2.94. The van der Waals surface area contributed by atoms with Crippen LogP contribution in [-0.2, 0) is 16.2 Å². The van der Waals surface area contributed by atoms with E-state index >= 15 is 0 Å². The summed E-state index contributed by atoms with van der Waals surface area (Å²) in [5.74, 6) is 0.0496. The Bertz CT molecular complexity index is 1060. The number of ether oxygens (including phenoxy) is 1. The first-order valence-electron chi connectivity index (χ1n) is 10.1. The second-order valence-electron chi connectivity index (χ2n) is 8.20. The van der Waals surface area contributed by atoms with Crippen molar-refractivity contribution in [1.29, 1.82) is 0 Å². The van der Waals surface area contributed by atoms with Gasteiger partial charge in [-0.25, -0.2) is 0 Å². The summed E-state index contributed by atoms with van der Waals surface area (Å²) in [4.78, 5) is 25.4. The molecule has 1 heterocycles. The first-order valence-corrected chi connectivity index (χ1v) is 10.5. The summed E-state index contributed by atoms with van der Waals surface area (Å²) in [6.45, 7) is 2.46. The number of imide groups is 1. The molecule has 152 valence electrons. The van der Waals surface area contributed by atoms with Crippen molar-refractivity contribution in [3.8, 4) is 5.75 Å². The fourth-order valence-electron chi connectivity index (χ4n) is 4.80. The molecule has 0 radical (unpaired) electrons. The molecule has 0 unspecified atom stereocenters. The fourth-order valence-corrected chi connectivity index (χ4v) is 5.05. The lowest BCUT2D eigenvalue weighted by Gasteiger charge is -2.13. The van der Waals surface area contributed by atoms with Crippen LogP contribution >= 0.6 is 11.6 Å². The number of aryl methyl sites for hydroxylation is 1. The van der Waals surface area contributed by atoms with Crippen molar-refractivity contribution in [3.63, 3.8) is 0 Å². The maximum absolute atomic E-state index is 12.7. The molecule has 2 fully saturated rings. The average molecular weight is 421 g/mol. The summed E-state index contributed by atoms with van der Waals surface area (Å²) in [5, 5.41) is 5.68. The van der Waals surface area contributed by atoms with Gasteiger partial charge in [-0.1, -0.05) is 53.6 Å². The molecule has 6 heteroatoms. The number of allylic oxidation sites excluding steroid dienone is 2. The van der Waals surface area contributed by atoms with Gasteiger partial charge < -0.3 is 4.74 Å². The van der Waals surface area contributed by atoms with Gasteiger partial charge in [0.2, 0.25) is 0 Å². The van der Waals surface area contributed by atoms with Crippen LogP contribution in [0, 0.1) is 30.6 Å². The summed E-state index contributed by atoms with van der Waals surface area (Å²) in [6.07, 6.45) is 6.55. The molecule has 2 aliphatic carbocycles. The number of carbonyl (C=O) groups is 2. The molecule has 2 amide bonds. The number of hydrogen-bond donors (Lipinski definition) is 0. The highest BCUT2D eigenvalue weighted by Gasteiger charge is 2.59. The molecule has 1 saturated carbocycles. The number of hydrazone groups is 1. The normalized spacial score (nSPS) is 26.8. The Morgan fingerprint density at radius 3 is 2.50 bits per heavy atom. The third-order valence-electron chi connectivity index (χ3n) is 6.20.